The molecule has 0 fully saturated rings. The quantitative estimate of drug-likeness (QED) is 0.169. The first-order valence-electron chi connectivity index (χ1n) is 15.4. The molecule has 2 nitrogen and oxygen atoms in total. The summed E-state index contributed by atoms with van der Waals surface area (Å²) < 4.78 is 18.6. The third-order valence-corrected chi connectivity index (χ3v) is 31.5. The zero-order valence-electron chi connectivity index (χ0n) is 26.9. The van der Waals surface area contributed by atoms with Crippen LogP contribution in [0.25, 0.3) is 9.75 Å². The molecular formula is C33H52NOPS2Si2. The minimum absolute atomic E-state index is 0.621. The van der Waals surface area contributed by atoms with Crippen molar-refractivity contribution in [3.63, 3.8) is 0 Å². The van der Waals surface area contributed by atoms with Gasteiger partial charge in [-0.25, -0.2) is 0 Å². The van der Waals surface area contributed by atoms with Gasteiger partial charge in [-0.05, 0) is 59.9 Å². The highest BCUT2D eigenvalue weighted by atomic mass is 32.1. The summed E-state index contributed by atoms with van der Waals surface area (Å²) in [5, 5.41) is 5.89. The van der Waals surface area contributed by atoms with Gasteiger partial charge in [0, 0.05) is 17.2 Å². The van der Waals surface area contributed by atoms with Crippen molar-refractivity contribution in [3.8, 4) is 9.75 Å². The van der Waals surface area contributed by atoms with Gasteiger partial charge in [-0.2, -0.15) is 0 Å². The lowest BCUT2D eigenvalue weighted by Gasteiger charge is -2.42. The van der Waals surface area contributed by atoms with Crippen LogP contribution in [-0.4, -0.2) is 16.1 Å². The number of fused-ring (bicyclic) bond motifs is 3. The van der Waals surface area contributed by atoms with Crippen LogP contribution < -0.4 is 24.7 Å². The lowest BCUT2D eigenvalue weighted by molar-refractivity contribution is 0.578. The van der Waals surface area contributed by atoms with E-state index >= 15 is 4.57 Å². The molecule has 1 aromatic carbocycles. The van der Waals surface area contributed by atoms with Crippen LogP contribution in [0.1, 0.15) is 88.6 Å². The van der Waals surface area contributed by atoms with Crippen molar-refractivity contribution >= 4 is 65.7 Å². The van der Waals surface area contributed by atoms with E-state index in [-0.39, 0.29) is 0 Å². The summed E-state index contributed by atoms with van der Waals surface area (Å²) >= 11 is 4.01. The Labute approximate surface area is 254 Å². The Morgan fingerprint density at radius 1 is 0.625 bits per heavy atom. The fraction of sp³-hybridized carbons (Fsp3) is 0.576. The van der Waals surface area contributed by atoms with E-state index in [1.165, 1.54) is 15.3 Å². The van der Waals surface area contributed by atoms with Crippen LogP contribution in [-0.2, 0) is 11.1 Å². The molecule has 1 aliphatic rings. The largest absolute Gasteiger partial charge is 0.296 e. The van der Waals surface area contributed by atoms with Crippen LogP contribution in [0.5, 0.6) is 0 Å². The number of nitrogens with one attached hydrogen (secondary N) is 1. The van der Waals surface area contributed by atoms with Gasteiger partial charge in [0.15, 0.2) is 0 Å². The first kappa shape index (κ1) is 32.2. The number of hydrogen-bond acceptors (Lipinski definition) is 3. The highest BCUT2D eigenvalue weighted by Crippen LogP contribution is 2.56. The van der Waals surface area contributed by atoms with E-state index in [2.05, 4.69) is 131 Å². The summed E-state index contributed by atoms with van der Waals surface area (Å²) in [5.41, 5.74) is 4.96. The Balaban J connectivity index is 1.97. The molecular weight excluding hydrogens is 578 g/mol. The highest BCUT2D eigenvalue weighted by Gasteiger charge is 2.52. The van der Waals surface area contributed by atoms with Gasteiger partial charge in [0.25, 0.3) is 0 Å². The molecule has 7 heteroatoms. The second-order valence-corrected chi connectivity index (χ2v) is 30.9. The predicted octanol–water partition coefficient (Wildman–Crippen LogP) is 9.58. The first-order valence-corrected chi connectivity index (χ1v) is 23.2. The molecule has 0 spiro atoms. The predicted molar refractivity (Wildman–Crippen MR) is 189 cm³/mol. The van der Waals surface area contributed by atoms with Crippen molar-refractivity contribution < 1.29 is 4.57 Å². The molecule has 0 amide bonds. The van der Waals surface area contributed by atoms with E-state index in [0.29, 0.717) is 39.8 Å². The lowest BCUT2D eigenvalue weighted by atomic mass is 10.2. The Morgan fingerprint density at radius 3 is 1.30 bits per heavy atom. The Morgan fingerprint density at radius 2 is 0.975 bits per heavy atom. The molecule has 1 N–H and O–H groups in total. The van der Waals surface area contributed by atoms with Gasteiger partial charge < -0.3 is 0 Å². The zero-order valence-corrected chi connectivity index (χ0v) is 31.4. The zero-order chi connectivity index (χ0) is 29.8. The molecule has 40 heavy (non-hydrogen) atoms. The maximum Gasteiger partial charge on any atom is 0.207 e. The monoisotopic (exact) mass is 629 g/mol. The van der Waals surface area contributed by atoms with Gasteiger partial charge in [-0.3, -0.25) is 9.65 Å². The van der Waals surface area contributed by atoms with Crippen LogP contribution in [0, 0.1) is 0 Å². The molecule has 0 unspecified atom stereocenters. The van der Waals surface area contributed by atoms with Gasteiger partial charge in [0.2, 0.25) is 7.29 Å². The number of hydrogen-bond donors (Lipinski definition) is 1. The topological polar surface area (TPSA) is 29.1 Å². The van der Waals surface area contributed by atoms with Crippen molar-refractivity contribution in [2.24, 2.45) is 0 Å². The van der Waals surface area contributed by atoms with Gasteiger partial charge in [0.05, 0.1) is 9.75 Å². The molecule has 0 atom stereocenters. The number of rotatable bonds is 11. The minimum Gasteiger partial charge on any atom is -0.296 e. The van der Waals surface area contributed by atoms with Crippen molar-refractivity contribution in [1.29, 1.82) is 0 Å². The lowest BCUT2D eigenvalue weighted by Crippen LogP contribution is -2.54. The van der Waals surface area contributed by atoms with E-state index in [1.54, 1.807) is 9.00 Å². The van der Waals surface area contributed by atoms with Crippen LogP contribution in [0.2, 0.25) is 33.2 Å². The summed E-state index contributed by atoms with van der Waals surface area (Å²) in [6.07, 6.45) is 0. The summed E-state index contributed by atoms with van der Waals surface area (Å²) in [4.78, 5) is 2.62. The maximum absolute atomic E-state index is 15.5. The second-order valence-electron chi connectivity index (χ2n) is 13.9. The fourth-order valence-corrected chi connectivity index (χ4v) is 33.1. The summed E-state index contributed by atoms with van der Waals surface area (Å²) in [6, 6.07) is 15.3. The third-order valence-electron chi connectivity index (χ3n) is 10.2. The molecule has 3 aromatic rings. The Bertz CT molecular complexity index is 1250. The number of thiophene rings is 2. The maximum atomic E-state index is 15.5. The smallest absolute Gasteiger partial charge is 0.207 e. The molecule has 1 aliphatic heterocycles. The average molecular weight is 630 g/mol. The third kappa shape index (κ3) is 4.77. The summed E-state index contributed by atoms with van der Waals surface area (Å²) in [6.45, 7) is 29.9. The first-order chi connectivity index (χ1) is 18.7. The Kier molecular flexibility index (Phi) is 9.43. The van der Waals surface area contributed by atoms with Gasteiger partial charge in [-0.1, -0.05) is 113 Å². The van der Waals surface area contributed by atoms with Gasteiger partial charge in [-0.15, -0.1) is 22.7 Å². The minimum atomic E-state index is -2.98. The molecule has 4 rings (SSSR count). The summed E-state index contributed by atoms with van der Waals surface area (Å²) in [5.74, 6) is 0. The molecule has 0 saturated carbocycles. The summed E-state index contributed by atoms with van der Waals surface area (Å²) in [7, 11) is -6.71. The van der Waals surface area contributed by atoms with Gasteiger partial charge in [0.1, 0.15) is 16.1 Å². The normalized spacial score (nSPS) is 15.3. The standard InChI is InChI=1S/C33H52NOPS2Si2/c1-21(2)39(22(3)4,23(5)6)30-18-28-32(37-30)33-29(36(28,35)34-20-27-16-14-13-15-17-27)19-31(38-33)40(24(7)8,25(9)10)26(11)12/h13-19,21-26H,20H2,1-12H3,(H,34,35). The van der Waals surface area contributed by atoms with Gasteiger partial charge >= 0.3 is 0 Å². The van der Waals surface area contributed by atoms with Crippen LogP contribution >= 0.6 is 30.0 Å². The van der Waals surface area contributed by atoms with Crippen LogP contribution in [0.3, 0.4) is 0 Å². The molecule has 0 radical (unpaired) electrons. The van der Waals surface area contributed by atoms with E-state index in [4.69, 9.17) is 0 Å². The average Bonchev–Trinajstić information content (AvgIpc) is 3.52. The van der Waals surface area contributed by atoms with E-state index < -0.39 is 23.4 Å². The van der Waals surface area contributed by atoms with Crippen molar-refractivity contribution in [3.05, 3.63) is 48.0 Å². The molecule has 0 aliphatic carbocycles. The Hall–Kier alpha value is -0.756. The molecule has 0 bridgehead atoms. The van der Waals surface area contributed by atoms with Crippen molar-refractivity contribution in [2.45, 2.75) is 123 Å². The van der Waals surface area contributed by atoms with Crippen LogP contribution in [0.15, 0.2) is 42.5 Å². The van der Waals surface area contributed by atoms with E-state index in [1.807, 2.05) is 22.7 Å². The molecule has 220 valence electrons. The SMILES string of the molecule is CC(C)[Si](c1cc2c(s1)-c1sc([Si](C(C)C)(C(C)C)C(C)C)cc1P2(=O)NCc1ccccc1)(C(C)C)C(C)C. The van der Waals surface area contributed by atoms with E-state index in [9.17, 15) is 0 Å². The van der Waals surface area contributed by atoms with Crippen LogP contribution in [0.4, 0.5) is 0 Å². The van der Waals surface area contributed by atoms with Crippen molar-refractivity contribution in [1.82, 2.24) is 5.09 Å². The molecule has 2 aromatic heterocycles. The highest BCUT2D eigenvalue weighted by molar-refractivity contribution is 7.79. The molecule has 0 saturated heterocycles. The number of benzene rings is 1. The molecule has 3 heterocycles. The van der Waals surface area contributed by atoms with Crippen molar-refractivity contribution in [2.75, 3.05) is 0 Å². The van der Waals surface area contributed by atoms with E-state index in [0.717, 1.165) is 10.6 Å². The second kappa shape index (κ2) is 11.7. The fourth-order valence-electron chi connectivity index (χ4n) is 8.79.